The molecule has 0 fully saturated rings. The van der Waals surface area contributed by atoms with Crippen LogP contribution in [0.5, 0.6) is 0 Å². The molecule has 3 aromatic carbocycles. The highest BCUT2D eigenvalue weighted by Crippen LogP contribution is 2.20. The Morgan fingerprint density at radius 1 is 0.914 bits per heavy atom. The molecule has 1 amide bonds. The van der Waals surface area contributed by atoms with Gasteiger partial charge in [0.2, 0.25) is 5.91 Å². The summed E-state index contributed by atoms with van der Waals surface area (Å²) in [6, 6.07) is 8.79. The van der Waals surface area contributed by atoms with Gasteiger partial charge in [-0.15, -0.1) is 0 Å². The third-order valence-electron chi connectivity index (χ3n) is 5.64. The van der Waals surface area contributed by atoms with Crippen molar-refractivity contribution < 1.29 is 22.4 Å². The number of nitrogens with one attached hydrogen (secondary N) is 2. The number of aromatic nitrogens is 2. The first-order valence-electron chi connectivity index (χ1n) is 10.6. The first-order valence-corrected chi connectivity index (χ1v) is 10.6. The standard InChI is InChI=1S/C25H19F4N3O3/c1-13(18-8-6-17(28)12-20(18)29)30-23(33)22(10-14-2-4-15(26)5-3-14)32-24(34)19-11-16(27)7-9-21(19)31-25(32)35/h2-9,11-13,22H,10H2,1H3,(H,30,33)(H,31,35)/t13-,22+/m1/s1. The largest absolute Gasteiger partial charge is 0.348 e. The van der Waals surface area contributed by atoms with Gasteiger partial charge in [-0.05, 0) is 48.9 Å². The van der Waals surface area contributed by atoms with Crippen LogP contribution in [0.1, 0.15) is 30.1 Å². The van der Waals surface area contributed by atoms with Crippen LogP contribution in [0, 0.1) is 23.3 Å². The van der Waals surface area contributed by atoms with Gasteiger partial charge >= 0.3 is 5.69 Å². The highest BCUT2D eigenvalue weighted by Gasteiger charge is 2.27. The van der Waals surface area contributed by atoms with E-state index in [4.69, 9.17) is 0 Å². The molecule has 0 aliphatic carbocycles. The van der Waals surface area contributed by atoms with Gasteiger partial charge in [0.1, 0.15) is 29.3 Å². The van der Waals surface area contributed by atoms with Crippen molar-refractivity contribution in [1.29, 1.82) is 0 Å². The van der Waals surface area contributed by atoms with Crippen LogP contribution in [0.15, 0.2) is 70.3 Å². The van der Waals surface area contributed by atoms with E-state index in [2.05, 4.69) is 10.3 Å². The van der Waals surface area contributed by atoms with Crippen LogP contribution < -0.4 is 16.6 Å². The summed E-state index contributed by atoms with van der Waals surface area (Å²) in [6.07, 6.45) is -0.200. The summed E-state index contributed by atoms with van der Waals surface area (Å²) in [7, 11) is 0. The number of rotatable bonds is 6. The lowest BCUT2D eigenvalue weighted by molar-refractivity contribution is -0.125. The van der Waals surface area contributed by atoms with E-state index in [1.807, 2.05) is 0 Å². The molecule has 0 unspecified atom stereocenters. The van der Waals surface area contributed by atoms with E-state index in [9.17, 15) is 31.9 Å². The fourth-order valence-corrected chi connectivity index (χ4v) is 3.87. The second-order valence-corrected chi connectivity index (χ2v) is 8.04. The number of nitrogens with zero attached hydrogens (tertiary/aromatic N) is 1. The first-order chi connectivity index (χ1) is 16.6. The summed E-state index contributed by atoms with van der Waals surface area (Å²) in [5.41, 5.74) is -1.33. The molecule has 6 nitrogen and oxygen atoms in total. The minimum Gasteiger partial charge on any atom is -0.348 e. The molecule has 0 radical (unpaired) electrons. The summed E-state index contributed by atoms with van der Waals surface area (Å²) in [6.45, 7) is 1.45. The molecule has 1 aromatic heterocycles. The van der Waals surface area contributed by atoms with Crippen molar-refractivity contribution in [3.05, 3.63) is 116 Å². The molecule has 0 saturated heterocycles. The minimum atomic E-state index is -1.45. The molecular weight excluding hydrogens is 466 g/mol. The third-order valence-corrected chi connectivity index (χ3v) is 5.64. The molecular formula is C25H19F4N3O3. The van der Waals surface area contributed by atoms with Gasteiger partial charge in [0.05, 0.1) is 16.9 Å². The zero-order valence-corrected chi connectivity index (χ0v) is 18.3. The second kappa shape index (κ2) is 9.57. The fraction of sp³-hybridized carbons (Fsp3) is 0.160. The number of benzene rings is 3. The molecule has 0 bridgehead atoms. The van der Waals surface area contributed by atoms with Gasteiger partial charge in [0.15, 0.2) is 0 Å². The Morgan fingerprint density at radius 3 is 2.23 bits per heavy atom. The topological polar surface area (TPSA) is 84.0 Å². The first kappa shape index (κ1) is 23.9. The summed E-state index contributed by atoms with van der Waals surface area (Å²) >= 11 is 0. The van der Waals surface area contributed by atoms with Crippen LogP contribution in [0.25, 0.3) is 10.9 Å². The van der Waals surface area contributed by atoms with Crippen LogP contribution in [0.4, 0.5) is 17.6 Å². The number of hydrogen-bond acceptors (Lipinski definition) is 3. The number of carbonyl (C=O) groups is 1. The van der Waals surface area contributed by atoms with E-state index in [-0.39, 0.29) is 22.9 Å². The Labute approximate surface area is 195 Å². The highest BCUT2D eigenvalue weighted by molar-refractivity contribution is 5.82. The van der Waals surface area contributed by atoms with Crippen molar-refractivity contribution >= 4 is 16.8 Å². The number of carbonyl (C=O) groups excluding carboxylic acids is 1. The molecule has 35 heavy (non-hydrogen) atoms. The summed E-state index contributed by atoms with van der Waals surface area (Å²) < 4.78 is 55.3. The zero-order chi connectivity index (χ0) is 25.3. The number of halogens is 4. The maximum Gasteiger partial charge on any atom is 0.329 e. The van der Waals surface area contributed by atoms with Crippen molar-refractivity contribution in [2.75, 3.05) is 0 Å². The summed E-state index contributed by atoms with van der Waals surface area (Å²) in [5, 5.41) is 2.38. The van der Waals surface area contributed by atoms with Crippen molar-refractivity contribution in [2.45, 2.75) is 25.4 Å². The van der Waals surface area contributed by atoms with Crippen LogP contribution in [-0.2, 0) is 11.2 Å². The number of aromatic amines is 1. The predicted octanol–water partition coefficient (Wildman–Crippen LogP) is 3.91. The maximum atomic E-state index is 14.2. The van der Waals surface area contributed by atoms with Gasteiger partial charge in [0.25, 0.3) is 5.56 Å². The number of hydrogen-bond donors (Lipinski definition) is 2. The van der Waals surface area contributed by atoms with Crippen LogP contribution in [-0.4, -0.2) is 15.5 Å². The quantitative estimate of drug-likeness (QED) is 0.407. The van der Waals surface area contributed by atoms with Gasteiger partial charge in [-0.3, -0.25) is 9.59 Å². The van der Waals surface area contributed by atoms with Crippen molar-refractivity contribution in [3.63, 3.8) is 0 Å². The van der Waals surface area contributed by atoms with Crippen LogP contribution in [0.2, 0.25) is 0 Å². The second-order valence-electron chi connectivity index (χ2n) is 8.04. The number of H-pyrrole nitrogens is 1. The van der Waals surface area contributed by atoms with Crippen molar-refractivity contribution in [3.8, 4) is 0 Å². The number of amides is 1. The Hall–Kier alpha value is -4.21. The van der Waals surface area contributed by atoms with Gasteiger partial charge in [0, 0.05) is 18.1 Å². The molecule has 0 saturated carbocycles. The highest BCUT2D eigenvalue weighted by atomic mass is 19.1. The molecule has 2 N–H and O–H groups in total. The molecule has 0 aliphatic heterocycles. The van der Waals surface area contributed by atoms with Gasteiger partial charge in [-0.25, -0.2) is 26.9 Å². The van der Waals surface area contributed by atoms with E-state index in [1.165, 1.54) is 31.2 Å². The Morgan fingerprint density at radius 2 is 1.54 bits per heavy atom. The van der Waals surface area contributed by atoms with Gasteiger partial charge in [-0.1, -0.05) is 18.2 Å². The predicted molar refractivity (Wildman–Crippen MR) is 121 cm³/mol. The smallest absolute Gasteiger partial charge is 0.329 e. The Balaban J connectivity index is 1.78. The van der Waals surface area contributed by atoms with Crippen LogP contribution >= 0.6 is 0 Å². The average Bonchev–Trinajstić information content (AvgIpc) is 2.80. The summed E-state index contributed by atoms with van der Waals surface area (Å²) in [5.74, 6) is -3.74. The average molecular weight is 485 g/mol. The van der Waals surface area contributed by atoms with E-state index < -0.39 is 52.5 Å². The normalized spacial score (nSPS) is 12.9. The molecule has 0 aliphatic rings. The lowest BCUT2D eigenvalue weighted by atomic mass is 10.0. The Kier molecular flexibility index (Phi) is 6.54. The van der Waals surface area contributed by atoms with Gasteiger partial charge in [-0.2, -0.15) is 0 Å². The van der Waals surface area contributed by atoms with Gasteiger partial charge < -0.3 is 10.3 Å². The lowest BCUT2D eigenvalue weighted by Gasteiger charge is -2.22. The van der Waals surface area contributed by atoms with E-state index in [1.54, 1.807) is 0 Å². The zero-order valence-electron chi connectivity index (χ0n) is 18.3. The summed E-state index contributed by atoms with van der Waals surface area (Å²) in [4.78, 5) is 41.8. The minimum absolute atomic E-state index is 0.0119. The maximum absolute atomic E-state index is 14.2. The van der Waals surface area contributed by atoms with Crippen LogP contribution in [0.3, 0.4) is 0 Å². The third kappa shape index (κ3) is 5.01. The number of fused-ring (bicyclic) bond motifs is 1. The van der Waals surface area contributed by atoms with E-state index in [0.29, 0.717) is 16.2 Å². The molecule has 2 atom stereocenters. The van der Waals surface area contributed by atoms with Crippen molar-refractivity contribution in [2.24, 2.45) is 0 Å². The molecule has 4 aromatic rings. The molecule has 4 rings (SSSR count). The molecule has 0 spiro atoms. The van der Waals surface area contributed by atoms with Crippen molar-refractivity contribution in [1.82, 2.24) is 14.9 Å². The van der Waals surface area contributed by atoms with E-state index in [0.717, 1.165) is 30.3 Å². The lowest BCUT2D eigenvalue weighted by Crippen LogP contribution is -2.46. The Bertz CT molecular complexity index is 1530. The molecule has 10 heteroatoms. The monoisotopic (exact) mass is 485 g/mol. The fourth-order valence-electron chi connectivity index (χ4n) is 3.87. The molecule has 180 valence electrons. The molecule has 1 heterocycles. The van der Waals surface area contributed by atoms with E-state index >= 15 is 0 Å². The SMILES string of the molecule is C[C@@H](NC(=O)[C@H](Cc1ccc(F)cc1)n1c(=O)[nH]c2ccc(F)cc2c1=O)c1ccc(F)cc1F.